The lowest BCUT2D eigenvalue weighted by molar-refractivity contribution is 1.15. The molecule has 0 aliphatic heterocycles. The summed E-state index contributed by atoms with van der Waals surface area (Å²) in [6, 6.07) is 66.9. The molecule has 0 bridgehead atoms. The van der Waals surface area contributed by atoms with E-state index in [-0.39, 0.29) is 0 Å². The maximum Gasteiger partial charge on any atom is 0.179 e. The topological polar surface area (TPSA) is 64.5 Å². The van der Waals surface area contributed by atoms with Crippen LogP contribution in [0.3, 0.4) is 0 Å². The van der Waals surface area contributed by atoms with Crippen LogP contribution in [0.5, 0.6) is 0 Å². The molecule has 4 heterocycles. The van der Waals surface area contributed by atoms with Crippen molar-refractivity contribution in [2.24, 2.45) is 0 Å². The van der Waals surface area contributed by atoms with Crippen LogP contribution < -0.4 is 0 Å². The molecule has 0 amide bonds. The minimum absolute atomic E-state index is 0.582. The SMILES string of the molecule is c1ccc(-c2cccc(-c3cc(-c4ccc(-c5cc(-c6ccccc6)nc(-c6ccccn6)n5)cc4)nc4c3ccc3ccc(-c5ccccc5)nc34)c2)cc1. The Balaban J connectivity index is 1.13. The Kier molecular flexibility index (Phi) is 8.43. The third kappa shape index (κ3) is 6.37. The molecule has 0 saturated carbocycles. The minimum Gasteiger partial charge on any atom is -0.253 e. The van der Waals surface area contributed by atoms with E-state index in [1.165, 1.54) is 5.56 Å². The second-order valence-electron chi connectivity index (χ2n) is 13.7. The fourth-order valence-corrected chi connectivity index (χ4v) is 7.30. The van der Waals surface area contributed by atoms with Crippen molar-refractivity contribution >= 4 is 21.8 Å². The summed E-state index contributed by atoms with van der Waals surface area (Å²) in [4.78, 5) is 25.1. The van der Waals surface area contributed by atoms with Crippen molar-refractivity contribution in [2.45, 2.75) is 0 Å². The number of fused-ring (bicyclic) bond motifs is 3. The van der Waals surface area contributed by atoms with Gasteiger partial charge in [0, 0.05) is 39.2 Å². The number of hydrogen-bond acceptors (Lipinski definition) is 5. The van der Waals surface area contributed by atoms with Crippen molar-refractivity contribution in [2.75, 3.05) is 0 Å². The van der Waals surface area contributed by atoms with E-state index in [2.05, 4.69) is 138 Å². The number of rotatable bonds is 7. The first-order chi connectivity index (χ1) is 27.7. The standard InChI is InChI=1S/C51H33N5/c1-4-13-34(14-5-1)40-19-12-20-41(31-40)43-32-46(54-50-42(43)28-26-39-27-29-44(53-49(39)50)35-15-6-2-7-16-35)37-22-24-38(25-23-37)48-33-47(36-17-8-3-9-18-36)55-51(56-48)45-21-10-11-30-52-45/h1-33H. The smallest absolute Gasteiger partial charge is 0.179 e. The zero-order chi connectivity index (χ0) is 37.3. The van der Waals surface area contributed by atoms with E-state index in [0.29, 0.717) is 5.82 Å². The first-order valence-corrected chi connectivity index (χ1v) is 18.7. The van der Waals surface area contributed by atoms with Gasteiger partial charge in [-0.1, -0.05) is 158 Å². The van der Waals surface area contributed by atoms with Gasteiger partial charge in [-0.2, -0.15) is 0 Å². The summed E-state index contributed by atoms with van der Waals surface area (Å²) in [5.74, 6) is 0.582. The molecule has 0 fully saturated rings. The highest BCUT2D eigenvalue weighted by Gasteiger charge is 2.16. The van der Waals surface area contributed by atoms with Gasteiger partial charge in [0.25, 0.3) is 0 Å². The molecule has 5 nitrogen and oxygen atoms in total. The second kappa shape index (κ2) is 14.3. The summed E-state index contributed by atoms with van der Waals surface area (Å²) in [5, 5.41) is 2.10. The normalized spacial score (nSPS) is 11.2. The lowest BCUT2D eigenvalue weighted by atomic mass is 9.94. The average Bonchev–Trinajstić information content (AvgIpc) is 3.29. The van der Waals surface area contributed by atoms with Crippen LogP contribution in [0.4, 0.5) is 0 Å². The van der Waals surface area contributed by atoms with Crippen molar-refractivity contribution in [1.29, 1.82) is 0 Å². The quantitative estimate of drug-likeness (QED) is 0.154. The molecule has 0 unspecified atom stereocenters. The summed E-state index contributed by atoms with van der Waals surface area (Å²) < 4.78 is 0. The molecule has 0 aliphatic carbocycles. The van der Waals surface area contributed by atoms with E-state index in [0.717, 1.165) is 89.2 Å². The summed E-state index contributed by atoms with van der Waals surface area (Å²) in [6.45, 7) is 0. The molecular formula is C51H33N5. The Morgan fingerprint density at radius 2 is 0.821 bits per heavy atom. The highest BCUT2D eigenvalue weighted by Crippen LogP contribution is 2.38. The van der Waals surface area contributed by atoms with Gasteiger partial charge in [-0.25, -0.2) is 19.9 Å². The van der Waals surface area contributed by atoms with Crippen LogP contribution in [0.15, 0.2) is 200 Å². The van der Waals surface area contributed by atoms with Gasteiger partial charge in [-0.05, 0) is 58.7 Å². The van der Waals surface area contributed by atoms with Gasteiger partial charge in [-0.3, -0.25) is 4.98 Å². The fourth-order valence-electron chi connectivity index (χ4n) is 7.30. The number of nitrogens with zero attached hydrogens (tertiary/aromatic N) is 5. The zero-order valence-corrected chi connectivity index (χ0v) is 30.3. The number of hydrogen-bond donors (Lipinski definition) is 0. The Hall–Kier alpha value is -7.63. The lowest BCUT2D eigenvalue weighted by Crippen LogP contribution is -1.97. The molecule has 5 heteroatoms. The van der Waals surface area contributed by atoms with Gasteiger partial charge in [0.1, 0.15) is 5.69 Å². The molecule has 0 radical (unpaired) electrons. The minimum atomic E-state index is 0.582. The second-order valence-corrected chi connectivity index (χ2v) is 13.7. The monoisotopic (exact) mass is 715 g/mol. The van der Waals surface area contributed by atoms with Crippen LogP contribution in [-0.2, 0) is 0 Å². The van der Waals surface area contributed by atoms with Crippen LogP contribution in [-0.4, -0.2) is 24.9 Å². The molecule has 6 aromatic carbocycles. The first-order valence-electron chi connectivity index (χ1n) is 18.7. The van der Waals surface area contributed by atoms with E-state index < -0.39 is 0 Å². The molecule has 0 aliphatic rings. The molecule has 0 saturated heterocycles. The third-order valence-electron chi connectivity index (χ3n) is 10.2. The molecule has 0 atom stereocenters. The Labute approximate surface area is 324 Å². The van der Waals surface area contributed by atoms with Gasteiger partial charge in [0.05, 0.1) is 33.8 Å². The summed E-state index contributed by atoms with van der Waals surface area (Å²) in [6.07, 6.45) is 1.77. The summed E-state index contributed by atoms with van der Waals surface area (Å²) >= 11 is 0. The van der Waals surface area contributed by atoms with E-state index >= 15 is 0 Å². The Morgan fingerprint density at radius 3 is 1.48 bits per heavy atom. The largest absolute Gasteiger partial charge is 0.253 e. The van der Waals surface area contributed by atoms with Crippen molar-refractivity contribution in [3.05, 3.63) is 200 Å². The molecular weight excluding hydrogens is 683 g/mol. The highest BCUT2D eigenvalue weighted by atomic mass is 14.9. The number of pyridine rings is 3. The van der Waals surface area contributed by atoms with Crippen LogP contribution in [0.1, 0.15) is 0 Å². The van der Waals surface area contributed by atoms with E-state index in [9.17, 15) is 0 Å². The summed E-state index contributed by atoms with van der Waals surface area (Å²) in [5.41, 5.74) is 14.5. The average molecular weight is 716 g/mol. The van der Waals surface area contributed by atoms with E-state index in [1.807, 2.05) is 60.7 Å². The predicted molar refractivity (Wildman–Crippen MR) is 228 cm³/mol. The van der Waals surface area contributed by atoms with Crippen LogP contribution in [0.25, 0.3) is 101 Å². The maximum absolute atomic E-state index is 5.39. The molecule has 10 aromatic rings. The van der Waals surface area contributed by atoms with Gasteiger partial charge < -0.3 is 0 Å². The van der Waals surface area contributed by atoms with Crippen molar-refractivity contribution in [3.8, 4) is 78.8 Å². The highest BCUT2D eigenvalue weighted by molar-refractivity contribution is 6.10. The lowest BCUT2D eigenvalue weighted by Gasteiger charge is -2.14. The van der Waals surface area contributed by atoms with Gasteiger partial charge >= 0.3 is 0 Å². The molecule has 4 aromatic heterocycles. The summed E-state index contributed by atoms with van der Waals surface area (Å²) in [7, 11) is 0. The fraction of sp³-hybridized carbons (Fsp3) is 0. The van der Waals surface area contributed by atoms with Gasteiger partial charge in [0.15, 0.2) is 5.82 Å². The maximum atomic E-state index is 5.39. The number of benzene rings is 6. The molecule has 0 spiro atoms. The Bertz CT molecular complexity index is 2930. The molecule has 56 heavy (non-hydrogen) atoms. The first kappa shape index (κ1) is 33.0. The third-order valence-corrected chi connectivity index (χ3v) is 10.2. The van der Waals surface area contributed by atoms with Gasteiger partial charge in [0.2, 0.25) is 0 Å². The molecule has 10 rings (SSSR count). The van der Waals surface area contributed by atoms with Crippen LogP contribution in [0.2, 0.25) is 0 Å². The predicted octanol–water partition coefficient (Wildman–Crippen LogP) is 12.6. The van der Waals surface area contributed by atoms with Crippen LogP contribution >= 0.6 is 0 Å². The number of aromatic nitrogens is 5. The van der Waals surface area contributed by atoms with E-state index in [1.54, 1.807) is 6.20 Å². The van der Waals surface area contributed by atoms with E-state index in [4.69, 9.17) is 19.9 Å². The zero-order valence-electron chi connectivity index (χ0n) is 30.3. The molecule has 0 N–H and O–H groups in total. The van der Waals surface area contributed by atoms with Crippen molar-refractivity contribution in [1.82, 2.24) is 24.9 Å². The molecule has 262 valence electrons. The van der Waals surface area contributed by atoms with Gasteiger partial charge in [-0.15, -0.1) is 0 Å². The van der Waals surface area contributed by atoms with Crippen LogP contribution in [0, 0.1) is 0 Å². The van der Waals surface area contributed by atoms with Crippen molar-refractivity contribution in [3.63, 3.8) is 0 Å². The van der Waals surface area contributed by atoms with Crippen molar-refractivity contribution < 1.29 is 0 Å². The Morgan fingerprint density at radius 1 is 0.286 bits per heavy atom.